The molecule has 0 aromatic rings. The van der Waals surface area contributed by atoms with E-state index < -0.39 is 0 Å². The molecule has 0 aromatic heterocycles. The summed E-state index contributed by atoms with van der Waals surface area (Å²) < 4.78 is 4.66. The molecule has 0 atom stereocenters. The van der Waals surface area contributed by atoms with Crippen molar-refractivity contribution in [2.24, 2.45) is 0 Å². The predicted molar refractivity (Wildman–Crippen MR) is 24.7 cm³/mol. The van der Waals surface area contributed by atoms with Crippen molar-refractivity contribution in [1.82, 2.24) is 0 Å². The quantitative estimate of drug-likeness (QED) is 0.440. The molecule has 1 heterocycles. The van der Waals surface area contributed by atoms with Gasteiger partial charge in [-0.1, -0.05) is 0 Å². The highest BCUT2D eigenvalue weighted by Gasteiger charge is 2.09. The van der Waals surface area contributed by atoms with Crippen LogP contribution < -0.4 is 0 Å². The van der Waals surface area contributed by atoms with Gasteiger partial charge in [-0.3, -0.25) is 4.79 Å². The van der Waals surface area contributed by atoms with Gasteiger partial charge < -0.3 is 4.74 Å². The molecule has 0 fully saturated rings. The predicted octanol–water partition coefficient (Wildman–Crippen LogP) is 0.490. The van der Waals surface area contributed by atoms with E-state index in [-0.39, 0.29) is 12.4 Å². The molecule has 38 valence electrons. The number of carbonyl (C=O) groups is 1. The minimum Gasteiger partial charge on any atom is -0.493 e. The fraction of sp³-hybridized carbons (Fsp3) is 0.400. The van der Waals surface area contributed by atoms with Crippen LogP contribution in [0.15, 0.2) is 11.8 Å². The molecule has 1 rings (SSSR count). The van der Waals surface area contributed by atoms with Crippen molar-refractivity contribution in [3.63, 3.8) is 0 Å². The fourth-order valence-electron chi connectivity index (χ4n) is 0.422. The third kappa shape index (κ3) is 0.633. The van der Waals surface area contributed by atoms with Crippen LogP contribution in [-0.4, -0.2) is 12.4 Å². The smallest absolute Gasteiger partial charge is 0.198 e. The Balaban J connectivity index is 2.72. The number of hydrogen-bond acceptors (Lipinski definition) is 2. The van der Waals surface area contributed by atoms with E-state index in [1.807, 2.05) is 0 Å². The van der Waals surface area contributed by atoms with E-state index in [1.54, 1.807) is 6.92 Å². The summed E-state index contributed by atoms with van der Waals surface area (Å²) in [6.45, 7) is 1.99. The third-order valence-electron chi connectivity index (χ3n) is 0.914. The van der Waals surface area contributed by atoms with Gasteiger partial charge in [-0.05, 0) is 6.92 Å². The second kappa shape index (κ2) is 1.37. The van der Waals surface area contributed by atoms with Gasteiger partial charge in [0.1, 0.15) is 6.61 Å². The molecule has 0 radical (unpaired) electrons. The normalized spacial score (nSPS) is 19.0. The van der Waals surface area contributed by atoms with E-state index in [4.69, 9.17) is 0 Å². The summed E-state index contributed by atoms with van der Waals surface area (Å²) in [7, 11) is 0. The molecular formula is C5H6O2. The first-order valence-electron chi connectivity index (χ1n) is 2.12. The van der Waals surface area contributed by atoms with Gasteiger partial charge in [-0.25, -0.2) is 0 Å². The summed E-state index contributed by atoms with van der Waals surface area (Å²) in [6, 6.07) is 0. The Morgan fingerprint density at radius 2 is 2.57 bits per heavy atom. The Kier molecular flexibility index (Phi) is 0.855. The van der Waals surface area contributed by atoms with Gasteiger partial charge in [-0.15, -0.1) is 0 Å². The van der Waals surface area contributed by atoms with Gasteiger partial charge in [0.25, 0.3) is 0 Å². The van der Waals surface area contributed by atoms with Crippen molar-refractivity contribution in [3.8, 4) is 0 Å². The minimum atomic E-state index is 0.0972. The van der Waals surface area contributed by atoms with E-state index in [9.17, 15) is 4.79 Å². The molecule has 0 aromatic carbocycles. The molecule has 1 aliphatic heterocycles. The van der Waals surface area contributed by atoms with Crippen molar-refractivity contribution in [2.45, 2.75) is 6.92 Å². The van der Waals surface area contributed by atoms with Gasteiger partial charge in [0, 0.05) is 5.57 Å². The van der Waals surface area contributed by atoms with Crippen molar-refractivity contribution < 1.29 is 9.53 Å². The lowest BCUT2D eigenvalue weighted by atomic mass is 10.3. The van der Waals surface area contributed by atoms with Gasteiger partial charge in [0.2, 0.25) is 0 Å². The van der Waals surface area contributed by atoms with E-state index >= 15 is 0 Å². The number of ketones is 1. The van der Waals surface area contributed by atoms with Gasteiger partial charge in [0.05, 0.1) is 6.26 Å². The molecule has 2 heteroatoms. The largest absolute Gasteiger partial charge is 0.493 e. The first-order valence-corrected chi connectivity index (χ1v) is 2.12. The number of carbonyl (C=O) groups excluding carboxylic acids is 1. The standard InChI is InChI=1S/C5H6O2/c1-4-2-7-3-5(4)6/h2H,3H2,1H3. The molecule has 0 aliphatic carbocycles. The van der Waals surface area contributed by atoms with Gasteiger partial charge >= 0.3 is 0 Å². The zero-order chi connectivity index (χ0) is 5.28. The third-order valence-corrected chi connectivity index (χ3v) is 0.914. The average Bonchev–Trinajstić information content (AvgIpc) is 1.91. The first-order chi connectivity index (χ1) is 3.30. The number of hydrogen-bond donors (Lipinski definition) is 0. The lowest BCUT2D eigenvalue weighted by molar-refractivity contribution is -0.116. The highest BCUT2D eigenvalue weighted by molar-refractivity contribution is 5.97. The highest BCUT2D eigenvalue weighted by atomic mass is 16.5. The molecule has 0 bridgehead atoms. The first kappa shape index (κ1) is 4.37. The zero-order valence-electron chi connectivity index (χ0n) is 4.10. The maximum atomic E-state index is 10.4. The Hall–Kier alpha value is -0.790. The number of ether oxygens (including phenoxy) is 1. The molecule has 7 heavy (non-hydrogen) atoms. The highest BCUT2D eigenvalue weighted by Crippen LogP contribution is 2.02. The fourth-order valence-corrected chi connectivity index (χ4v) is 0.422. The van der Waals surface area contributed by atoms with Crippen LogP contribution in [-0.2, 0) is 9.53 Å². The van der Waals surface area contributed by atoms with Crippen LogP contribution in [0.4, 0.5) is 0 Å². The molecule has 0 saturated heterocycles. The number of rotatable bonds is 0. The van der Waals surface area contributed by atoms with Crippen LogP contribution in [0.2, 0.25) is 0 Å². The molecule has 0 spiro atoms. The summed E-state index contributed by atoms with van der Waals surface area (Å²) >= 11 is 0. The van der Waals surface area contributed by atoms with Gasteiger partial charge in [-0.2, -0.15) is 0 Å². The monoisotopic (exact) mass is 98.0 g/mol. The molecule has 2 nitrogen and oxygen atoms in total. The Morgan fingerprint density at radius 3 is 2.71 bits per heavy atom. The summed E-state index contributed by atoms with van der Waals surface area (Å²) in [4.78, 5) is 10.4. The van der Waals surface area contributed by atoms with E-state index in [2.05, 4.69) is 4.74 Å². The lowest BCUT2D eigenvalue weighted by Crippen LogP contribution is -1.97. The average molecular weight is 98.1 g/mol. The second-order valence-electron chi connectivity index (χ2n) is 1.54. The molecule has 0 N–H and O–H groups in total. The Morgan fingerprint density at radius 1 is 1.86 bits per heavy atom. The summed E-state index contributed by atoms with van der Waals surface area (Å²) in [6.07, 6.45) is 1.49. The SMILES string of the molecule is CC1=COCC1=O. The summed E-state index contributed by atoms with van der Waals surface area (Å²) in [5.74, 6) is 0.0972. The van der Waals surface area contributed by atoms with E-state index in [0.29, 0.717) is 0 Å². The minimum absolute atomic E-state index is 0.0972. The van der Waals surface area contributed by atoms with Crippen molar-refractivity contribution >= 4 is 5.78 Å². The van der Waals surface area contributed by atoms with Gasteiger partial charge in [0.15, 0.2) is 5.78 Å². The van der Waals surface area contributed by atoms with Crippen LogP contribution in [0.5, 0.6) is 0 Å². The maximum Gasteiger partial charge on any atom is 0.198 e. The Labute approximate surface area is 41.8 Å². The van der Waals surface area contributed by atoms with Crippen LogP contribution in [0, 0.1) is 0 Å². The van der Waals surface area contributed by atoms with Crippen LogP contribution >= 0.6 is 0 Å². The Bertz CT molecular complexity index is 124. The van der Waals surface area contributed by atoms with Crippen molar-refractivity contribution in [1.29, 1.82) is 0 Å². The number of Topliss-reactive ketones (excluding diaryl/α,β-unsaturated/α-hetero) is 1. The van der Waals surface area contributed by atoms with Crippen LogP contribution in [0.1, 0.15) is 6.92 Å². The van der Waals surface area contributed by atoms with E-state index in [1.165, 1.54) is 6.26 Å². The van der Waals surface area contributed by atoms with Crippen LogP contribution in [0.3, 0.4) is 0 Å². The zero-order valence-corrected chi connectivity index (χ0v) is 4.10. The molecular weight excluding hydrogens is 92.1 g/mol. The summed E-state index contributed by atoms with van der Waals surface area (Å²) in [5, 5.41) is 0. The molecule has 0 amide bonds. The van der Waals surface area contributed by atoms with Crippen molar-refractivity contribution in [2.75, 3.05) is 6.61 Å². The molecule has 0 unspecified atom stereocenters. The topological polar surface area (TPSA) is 26.3 Å². The lowest BCUT2D eigenvalue weighted by Gasteiger charge is -1.80. The second-order valence-corrected chi connectivity index (χ2v) is 1.54. The maximum absolute atomic E-state index is 10.4. The van der Waals surface area contributed by atoms with Crippen molar-refractivity contribution in [3.05, 3.63) is 11.8 Å². The molecule has 0 saturated carbocycles. The summed E-state index contributed by atoms with van der Waals surface area (Å²) in [5.41, 5.74) is 0.722. The van der Waals surface area contributed by atoms with Crippen LogP contribution in [0.25, 0.3) is 0 Å². The molecule has 1 aliphatic rings. The van der Waals surface area contributed by atoms with E-state index in [0.717, 1.165) is 5.57 Å².